The predicted octanol–water partition coefficient (Wildman–Crippen LogP) is 2.23. The van der Waals surface area contributed by atoms with Crippen LogP contribution >= 0.6 is 0 Å². The molecule has 0 saturated heterocycles. The Labute approximate surface area is 139 Å². The van der Waals surface area contributed by atoms with E-state index in [-0.39, 0.29) is 28.2 Å². The second-order valence-electron chi connectivity index (χ2n) is 6.72. The summed E-state index contributed by atoms with van der Waals surface area (Å²) in [5.74, 6) is -1.87. The van der Waals surface area contributed by atoms with E-state index in [1.807, 2.05) is 20.8 Å². The molecular formula is C16H20N2O6. The number of carbonyl (C=O) groups is 2. The van der Waals surface area contributed by atoms with Gasteiger partial charge in [-0.1, -0.05) is 13.8 Å². The molecule has 2 N–H and O–H groups in total. The fraction of sp³-hybridized carbons (Fsp3) is 0.500. The van der Waals surface area contributed by atoms with Crippen molar-refractivity contribution in [1.82, 2.24) is 5.32 Å². The van der Waals surface area contributed by atoms with Gasteiger partial charge < -0.3 is 15.2 Å². The molecule has 0 heterocycles. The van der Waals surface area contributed by atoms with Gasteiger partial charge in [0.2, 0.25) is 0 Å². The molecule has 8 nitrogen and oxygen atoms in total. The zero-order valence-electron chi connectivity index (χ0n) is 14.0. The molecular weight excluding hydrogens is 316 g/mol. The van der Waals surface area contributed by atoms with Crippen molar-refractivity contribution in [3.05, 3.63) is 39.4 Å². The zero-order valence-corrected chi connectivity index (χ0v) is 14.0. The molecule has 1 aromatic rings. The summed E-state index contributed by atoms with van der Waals surface area (Å²) in [7, 11) is 1.61. The van der Waals surface area contributed by atoms with Crippen LogP contribution < -0.4 is 5.32 Å². The Morgan fingerprint density at radius 3 is 2.33 bits per heavy atom. The number of nitrogens with zero attached hydrogens (tertiary/aromatic N) is 1. The quantitative estimate of drug-likeness (QED) is 0.628. The number of aromatic carboxylic acids is 1. The van der Waals surface area contributed by atoms with E-state index in [1.54, 1.807) is 7.11 Å². The van der Waals surface area contributed by atoms with Crippen LogP contribution in [0.15, 0.2) is 18.2 Å². The Morgan fingerprint density at radius 1 is 1.29 bits per heavy atom. The van der Waals surface area contributed by atoms with E-state index in [2.05, 4.69) is 5.32 Å². The first kappa shape index (κ1) is 17.9. The molecule has 1 saturated carbocycles. The highest BCUT2D eigenvalue weighted by Crippen LogP contribution is 2.51. The first-order valence-electron chi connectivity index (χ1n) is 7.40. The number of ether oxygens (including phenoxy) is 1. The lowest BCUT2D eigenvalue weighted by Crippen LogP contribution is -2.68. The third kappa shape index (κ3) is 2.84. The number of amides is 1. The van der Waals surface area contributed by atoms with Gasteiger partial charge in [-0.3, -0.25) is 14.9 Å². The lowest BCUT2D eigenvalue weighted by molar-refractivity contribution is -0.384. The fourth-order valence-corrected chi connectivity index (χ4v) is 2.94. The molecule has 0 spiro atoms. The maximum absolute atomic E-state index is 12.4. The molecule has 8 heteroatoms. The summed E-state index contributed by atoms with van der Waals surface area (Å²) >= 11 is 0. The molecule has 0 bridgehead atoms. The van der Waals surface area contributed by atoms with Crippen LogP contribution in [0.4, 0.5) is 5.69 Å². The lowest BCUT2D eigenvalue weighted by atomic mass is 9.56. The number of rotatable bonds is 5. The number of nitro benzene ring substituents is 1. The molecule has 2 unspecified atom stereocenters. The van der Waals surface area contributed by atoms with E-state index in [1.165, 1.54) is 0 Å². The summed E-state index contributed by atoms with van der Waals surface area (Å²) in [6.45, 7) is 5.87. The van der Waals surface area contributed by atoms with Crippen LogP contribution in [0.1, 0.15) is 47.9 Å². The SMILES string of the molecule is COC1(C)CC(NC(=O)c2cc(C(=O)O)cc([N+](=O)[O-])c2)C1(C)C. The van der Waals surface area contributed by atoms with Crippen molar-refractivity contribution >= 4 is 17.6 Å². The minimum atomic E-state index is -1.33. The Hall–Kier alpha value is -2.48. The second-order valence-corrected chi connectivity index (χ2v) is 6.72. The summed E-state index contributed by atoms with van der Waals surface area (Å²) < 4.78 is 5.49. The van der Waals surface area contributed by atoms with E-state index in [9.17, 15) is 19.7 Å². The Bertz CT molecular complexity index is 682. The van der Waals surface area contributed by atoms with Gasteiger partial charge in [0.25, 0.3) is 11.6 Å². The number of carbonyl (C=O) groups excluding carboxylic acids is 1. The van der Waals surface area contributed by atoms with Crippen molar-refractivity contribution in [3.8, 4) is 0 Å². The molecule has 1 aromatic carbocycles. The fourth-order valence-electron chi connectivity index (χ4n) is 2.94. The first-order chi connectivity index (χ1) is 11.0. The molecule has 1 fully saturated rings. The van der Waals surface area contributed by atoms with Crippen LogP contribution in [0, 0.1) is 15.5 Å². The van der Waals surface area contributed by atoms with Gasteiger partial charge >= 0.3 is 5.97 Å². The maximum Gasteiger partial charge on any atom is 0.335 e. The van der Waals surface area contributed by atoms with Crippen molar-refractivity contribution in [2.45, 2.75) is 38.8 Å². The zero-order chi connectivity index (χ0) is 18.3. The summed E-state index contributed by atoms with van der Waals surface area (Å²) in [4.78, 5) is 33.7. The number of nitro groups is 1. The standard InChI is InChI=1S/C16H20N2O6/c1-15(2)12(8-16(15,3)24-4)17-13(19)9-5-10(14(20)21)7-11(6-9)18(22)23/h5-7,12H,8H2,1-4H3,(H,17,19)(H,20,21). The molecule has 2 atom stereocenters. The topological polar surface area (TPSA) is 119 Å². The van der Waals surface area contributed by atoms with Crippen molar-refractivity contribution in [3.63, 3.8) is 0 Å². The summed E-state index contributed by atoms with van der Waals surface area (Å²) in [6.07, 6.45) is 0.600. The normalized spacial score (nSPS) is 24.8. The molecule has 1 aliphatic rings. The van der Waals surface area contributed by atoms with E-state index in [4.69, 9.17) is 9.84 Å². The number of carboxylic acids is 1. The Kier molecular flexibility index (Phi) is 4.36. The minimum absolute atomic E-state index is 0.0524. The molecule has 0 radical (unpaired) electrons. The van der Waals surface area contributed by atoms with Crippen LogP contribution in [0.2, 0.25) is 0 Å². The number of hydrogen-bond acceptors (Lipinski definition) is 5. The molecule has 0 aliphatic heterocycles. The molecule has 24 heavy (non-hydrogen) atoms. The number of benzene rings is 1. The smallest absolute Gasteiger partial charge is 0.335 e. The van der Waals surface area contributed by atoms with Gasteiger partial charge in [0.05, 0.1) is 16.1 Å². The highest BCUT2D eigenvalue weighted by atomic mass is 16.6. The number of carboxylic acid groups (broad SMARTS) is 1. The van der Waals surface area contributed by atoms with E-state index >= 15 is 0 Å². The van der Waals surface area contributed by atoms with Gasteiger partial charge in [-0.15, -0.1) is 0 Å². The summed E-state index contributed by atoms with van der Waals surface area (Å²) in [5.41, 5.74) is -1.49. The summed E-state index contributed by atoms with van der Waals surface area (Å²) in [5, 5.41) is 22.8. The van der Waals surface area contributed by atoms with Gasteiger partial charge in [0.1, 0.15) is 0 Å². The molecule has 2 rings (SSSR count). The predicted molar refractivity (Wildman–Crippen MR) is 85.1 cm³/mol. The van der Waals surface area contributed by atoms with E-state index in [0.29, 0.717) is 6.42 Å². The highest BCUT2D eigenvalue weighted by molar-refractivity contribution is 5.98. The largest absolute Gasteiger partial charge is 0.478 e. The van der Waals surface area contributed by atoms with E-state index in [0.717, 1.165) is 18.2 Å². The van der Waals surface area contributed by atoms with Crippen LogP contribution in [-0.4, -0.2) is 40.7 Å². The summed E-state index contributed by atoms with van der Waals surface area (Å²) in [6, 6.07) is 2.95. The molecule has 1 aliphatic carbocycles. The molecule has 1 amide bonds. The number of hydrogen-bond donors (Lipinski definition) is 2. The monoisotopic (exact) mass is 336 g/mol. The molecule has 0 aromatic heterocycles. The van der Waals surface area contributed by atoms with Crippen LogP contribution in [-0.2, 0) is 4.74 Å². The van der Waals surface area contributed by atoms with Crippen LogP contribution in [0.3, 0.4) is 0 Å². The van der Waals surface area contributed by atoms with Gasteiger partial charge in [-0.05, 0) is 19.4 Å². The lowest BCUT2D eigenvalue weighted by Gasteiger charge is -2.59. The molecule has 130 valence electrons. The second kappa shape index (κ2) is 5.86. The third-order valence-corrected chi connectivity index (χ3v) is 5.22. The van der Waals surface area contributed by atoms with Gasteiger partial charge in [0.15, 0.2) is 0 Å². The minimum Gasteiger partial charge on any atom is -0.478 e. The van der Waals surface area contributed by atoms with E-state index < -0.39 is 22.5 Å². The number of nitrogens with one attached hydrogen (secondary N) is 1. The third-order valence-electron chi connectivity index (χ3n) is 5.22. The van der Waals surface area contributed by atoms with Crippen LogP contribution in [0.5, 0.6) is 0 Å². The van der Waals surface area contributed by atoms with Crippen molar-refractivity contribution in [1.29, 1.82) is 0 Å². The van der Waals surface area contributed by atoms with Crippen molar-refractivity contribution < 1.29 is 24.4 Å². The van der Waals surface area contributed by atoms with Gasteiger partial charge in [-0.25, -0.2) is 4.79 Å². The Morgan fingerprint density at radius 2 is 1.88 bits per heavy atom. The first-order valence-corrected chi connectivity index (χ1v) is 7.40. The maximum atomic E-state index is 12.4. The average molecular weight is 336 g/mol. The van der Waals surface area contributed by atoms with Gasteiger partial charge in [-0.2, -0.15) is 0 Å². The number of non-ortho nitro benzene ring substituents is 1. The Balaban J connectivity index is 2.25. The number of methoxy groups -OCH3 is 1. The van der Waals surface area contributed by atoms with Crippen LogP contribution in [0.25, 0.3) is 0 Å². The van der Waals surface area contributed by atoms with Crippen molar-refractivity contribution in [2.24, 2.45) is 5.41 Å². The highest BCUT2D eigenvalue weighted by Gasteiger charge is 2.58. The van der Waals surface area contributed by atoms with Gasteiger partial charge in [0, 0.05) is 36.3 Å². The average Bonchev–Trinajstić information content (AvgIpc) is 2.53. The van der Waals surface area contributed by atoms with Crippen molar-refractivity contribution in [2.75, 3.05) is 7.11 Å².